The number of amides is 1. The van der Waals surface area contributed by atoms with Crippen molar-refractivity contribution in [2.45, 2.75) is 25.8 Å². The van der Waals surface area contributed by atoms with E-state index < -0.39 is 6.04 Å². The largest absolute Gasteiger partial charge is 0.320 e. The zero-order valence-electron chi connectivity index (χ0n) is 12.7. The third-order valence-corrected chi connectivity index (χ3v) is 4.59. The van der Waals surface area contributed by atoms with Gasteiger partial charge in [-0.2, -0.15) is 11.8 Å². The van der Waals surface area contributed by atoms with Gasteiger partial charge in [-0.15, -0.1) is 10.2 Å². The highest BCUT2D eigenvalue weighted by Crippen LogP contribution is 2.19. The van der Waals surface area contributed by atoms with E-state index in [2.05, 4.69) is 40.6 Å². The lowest BCUT2D eigenvalue weighted by molar-refractivity contribution is -0.117. The zero-order chi connectivity index (χ0) is 15.9. The van der Waals surface area contributed by atoms with Crippen LogP contribution in [0, 0.1) is 6.92 Å². The Bertz CT molecular complexity index is 630. The fourth-order valence-electron chi connectivity index (χ4n) is 1.95. The summed E-state index contributed by atoms with van der Waals surface area (Å²) in [7, 11) is 0. The Labute approximate surface area is 138 Å². The van der Waals surface area contributed by atoms with Gasteiger partial charge in [0, 0.05) is 6.42 Å². The molecule has 1 heterocycles. The summed E-state index contributed by atoms with van der Waals surface area (Å²) in [5.41, 5.74) is 8.23. The molecule has 1 atom stereocenters. The van der Waals surface area contributed by atoms with Crippen LogP contribution in [0.3, 0.4) is 0 Å². The molecule has 7 heteroatoms. The number of benzene rings is 1. The van der Waals surface area contributed by atoms with E-state index in [1.165, 1.54) is 22.5 Å². The number of carbonyl (C=O) groups is 1. The molecule has 1 aromatic heterocycles. The average Bonchev–Trinajstić information content (AvgIpc) is 2.91. The Balaban J connectivity index is 1.92. The summed E-state index contributed by atoms with van der Waals surface area (Å²) in [6, 6.07) is 7.77. The molecule has 0 aliphatic rings. The topological polar surface area (TPSA) is 80.9 Å². The molecule has 118 valence electrons. The van der Waals surface area contributed by atoms with Gasteiger partial charge in [-0.25, -0.2) is 0 Å². The number of nitrogens with one attached hydrogen (secondary N) is 1. The SMILES string of the molecule is CSCC[C@H](N)C(=O)Nc1nnc(Cc2cccc(C)c2)s1. The van der Waals surface area contributed by atoms with Crippen molar-refractivity contribution in [3.05, 3.63) is 40.4 Å². The molecule has 0 spiro atoms. The first-order valence-corrected chi connectivity index (χ1v) is 9.23. The lowest BCUT2D eigenvalue weighted by Crippen LogP contribution is -2.36. The predicted octanol–water partition coefficient (Wildman–Crippen LogP) is 2.46. The predicted molar refractivity (Wildman–Crippen MR) is 93.5 cm³/mol. The lowest BCUT2D eigenvalue weighted by atomic mass is 10.1. The standard InChI is InChI=1S/C15H20N4OS2/c1-10-4-3-5-11(8-10)9-13-18-19-15(22-13)17-14(20)12(16)6-7-21-2/h3-5,8,12H,6-7,9,16H2,1-2H3,(H,17,19,20)/t12-/m0/s1. The molecule has 2 rings (SSSR count). The highest BCUT2D eigenvalue weighted by molar-refractivity contribution is 7.98. The van der Waals surface area contributed by atoms with Crippen molar-refractivity contribution in [1.29, 1.82) is 0 Å². The molecular formula is C15H20N4OS2. The molecule has 0 fully saturated rings. The monoisotopic (exact) mass is 336 g/mol. The molecule has 5 nitrogen and oxygen atoms in total. The van der Waals surface area contributed by atoms with E-state index >= 15 is 0 Å². The summed E-state index contributed by atoms with van der Waals surface area (Å²) < 4.78 is 0. The van der Waals surface area contributed by atoms with Gasteiger partial charge in [-0.3, -0.25) is 10.1 Å². The van der Waals surface area contributed by atoms with Gasteiger partial charge in [-0.05, 0) is 30.9 Å². The summed E-state index contributed by atoms with van der Waals surface area (Å²) >= 11 is 3.06. The molecular weight excluding hydrogens is 316 g/mol. The normalized spacial score (nSPS) is 12.1. The van der Waals surface area contributed by atoms with Gasteiger partial charge in [0.05, 0.1) is 6.04 Å². The minimum atomic E-state index is -0.503. The Kier molecular flexibility index (Phi) is 6.35. The van der Waals surface area contributed by atoms with Crippen molar-refractivity contribution in [3.63, 3.8) is 0 Å². The molecule has 22 heavy (non-hydrogen) atoms. The molecule has 0 bridgehead atoms. The lowest BCUT2D eigenvalue weighted by Gasteiger charge is -2.08. The molecule has 3 N–H and O–H groups in total. The summed E-state index contributed by atoms with van der Waals surface area (Å²) in [5.74, 6) is 0.663. The maximum atomic E-state index is 11.9. The summed E-state index contributed by atoms with van der Waals surface area (Å²) in [4.78, 5) is 11.9. The van der Waals surface area contributed by atoms with Crippen LogP contribution in [-0.2, 0) is 11.2 Å². The van der Waals surface area contributed by atoms with Gasteiger partial charge in [0.1, 0.15) is 5.01 Å². The molecule has 0 radical (unpaired) electrons. The van der Waals surface area contributed by atoms with Crippen LogP contribution >= 0.6 is 23.1 Å². The number of thioether (sulfide) groups is 1. The van der Waals surface area contributed by atoms with Gasteiger partial charge in [0.2, 0.25) is 11.0 Å². The van der Waals surface area contributed by atoms with Gasteiger partial charge < -0.3 is 5.73 Å². The summed E-state index contributed by atoms with van der Waals surface area (Å²) in [6.45, 7) is 2.06. The van der Waals surface area contributed by atoms with E-state index in [-0.39, 0.29) is 5.91 Å². The Morgan fingerprint density at radius 2 is 2.27 bits per heavy atom. The highest BCUT2D eigenvalue weighted by atomic mass is 32.2. The van der Waals surface area contributed by atoms with E-state index in [4.69, 9.17) is 5.73 Å². The van der Waals surface area contributed by atoms with Crippen molar-refractivity contribution in [2.75, 3.05) is 17.3 Å². The van der Waals surface area contributed by atoms with Gasteiger partial charge in [0.25, 0.3) is 0 Å². The van der Waals surface area contributed by atoms with Crippen molar-refractivity contribution in [3.8, 4) is 0 Å². The third-order valence-electron chi connectivity index (χ3n) is 3.10. The Morgan fingerprint density at radius 3 is 3.00 bits per heavy atom. The number of carbonyl (C=O) groups excluding carboxylic acids is 1. The van der Waals surface area contributed by atoms with Crippen LogP contribution in [0.4, 0.5) is 5.13 Å². The number of hydrogen-bond acceptors (Lipinski definition) is 6. The minimum Gasteiger partial charge on any atom is -0.320 e. The first-order valence-electron chi connectivity index (χ1n) is 7.02. The zero-order valence-corrected chi connectivity index (χ0v) is 14.3. The molecule has 0 aliphatic heterocycles. The van der Waals surface area contributed by atoms with E-state index in [0.717, 1.165) is 10.8 Å². The van der Waals surface area contributed by atoms with Crippen LogP contribution < -0.4 is 11.1 Å². The smallest absolute Gasteiger partial charge is 0.243 e. The Morgan fingerprint density at radius 1 is 1.45 bits per heavy atom. The van der Waals surface area contributed by atoms with Crippen LogP contribution in [0.15, 0.2) is 24.3 Å². The van der Waals surface area contributed by atoms with E-state index in [9.17, 15) is 4.79 Å². The van der Waals surface area contributed by atoms with Crippen molar-refractivity contribution < 1.29 is 4.79 Å². The van der Waals surface area contributed by atoms with Crippen molar-refractivity contribution >= 4 is 34.1 Å². The molecule has 0 saturated heterocycles. The number of rotatable bonds is 7. The number of aryl methyl sites for hydroxylation is 1. The molecule has 0 aliphatic carbocycles. The maximum Gasteiger partial charge on any atom is 0.243 e. The van der Waals surface area contributed by atoms with Crippen LogP contribution in [0.25, 0.3) is 0 Å². The number of aromatic nitrogens is 2. The fraction of sp³-hybridized carbons (Fsp3) is 0.400. The molecule has 0 saturated carbocycles. The van der Waals surface area contributed by atoms with E-state index in [1.807, 2.05) is 12.3 Å². The first kappa shape index (κ1) is 16.9. The quantitative estimate of drug-likeness (QED) is 0.812. The summed E-state index contributed by atoms with van der Waals surface area (Å²) in [5, 5.41) is 12.3. The number of nitrogens with zero attached hydrogens (tertiary/aromatic N) is 2. The highest BCUT2D eigenvalue weighted by Gasteiger charge is 2.15. The second kappa shape index (κ2) is 8.26. The average molecular weight is 336 g/mol. The number of nitrogens with two attached hydrogens (primary N) is 1. The third kappa shape index (κ3) is 5.08. The summed E-state index contributed by atoms with van der Waals surface area (Å²) in [6.07, 6.45) is 3.36. The maximum absolute atomic E-state index is 11.9. The van der Waals surface area contributed by atoms with E-state index in [1.54, 1.807) is 11.8 Å². The molecule has 1 amide bonds. The van der Waals surface area contributed by atoms with Crippen molar-refractivity contribution in [2.24, 2.45) is 5.73 Å². The van der Waals surface area contributed by atoms with E-state index in [0.29, 0.717) is 18.0 Å². The van der Waals surface area contributed by atoms with Crippen LogP contribution in [0.5, 0.6) is 0 Å². The van der Waals surface area contributed by atoms with Gasteiger partial charge in [0.15, 0.2) is 0 Å². The molecule has 0 unspecified atom stereocenters. The van der Waals surface area contributed by atoms with Gasteiger partial charge >= 0.3 is 0 Å². The van der Waals surface area contributed by atoms with Crippen LogP contribution in [0.1, 0.15) is 22.6 Å². The molecule has 1 aromatic carbocycles. The second-order valence-corrected chi connectivity index (χ2v) is 7.09. The number of anilines is 1. The van der Waals surface area contributed by atoms with Crippen LogP contribution in [0.2, 0.25) is 0 Å². The van der Waals surface area contributed by atoms with Gasteiger partial charge in [-0.1, -0.05) is 41.2 Å². The Hall–Kier alpha value is -1.44. The minimum absolute atomic E-state index is 0.202. The number of hydrogen-bond donors (Lipinski definition) is 2. The molecule has 2 aromatic rings. The fourth-order valence-corrected chi connectivity index (χ4v) is 3.21. The van der Waals surface area contributed by atoms with Crippen LogP contribution in [-0.4, -0.2) is 34.2 Å². The second-order valence-electron chi connectivity index (χ2n) is 5.04. The first-order chi connectivity index (χ1) is 10.6. The van der Waals surface area contributed by atoms with Crippen molar-refractivity contribution in [1.82, 2.24) is 10.2 Å².